The van der Waals surface area contributed by atoms with E-state index in [4.69, 9.17) is 11.0 Å². The topological polar surface area (TPSA) is 73.3 Å². The first-order chi connectivity index (χ1) is 8.04. The molecule has 1 aromatic carbocycles. The van der Waals surface area contributed by atoms with Crippen molar-refractivity contribution in [2.24, 2.45) is 5.73 Å². The summed E-state index contributed by atoms with van der Waals surface area (Å²) in [7, 11) is 3.95. The molecule has 0 saturated heterocycles. The fraction of sp³-hybridized carbons (Fsp3) is 0.462. The zero-order chi connectivity index (χ0) is 12.8. The van der Waals surface area contributed by atoms with Gasteiger partial charge in [-0.15, -0.1) is 0 Å². The Kier molecular flexibility index (Phi) is 5.11. The van der Waals surface area contributed by atoms with Gasteiger partial charge in [-0.25, -0.2) is 0 Å². The van der Waals surface area contributed by atoms with Crippen LogP contribution in [0.4, 0.5) is 0 Å². The van der Waals surface area contributed by atoms with Gasteiger partial charge in [0, 0.05) is 6.04 Å². The summed E-state index contributed by atoms with van der Waals surface area (Å²) < 4.78 is 0. The Morgan fingerprint density at radius 2 is 1.94 bits per heavy atom. The Labute approximate surface area is 102 Å². The summed E-state index contributed by atoms with van der Waals surface area (Å²) in [6.45, 7) is 0.842. The van der Waals surface area contributed by atoms with E-state index < -0.39 is 6.10 Å². The van der Waals surface area contributed by atoms with Crippen molar-refractivity contribution in [1.29, 1.82) is 5.26 Å². The standard InChI is InChI=1S/C13H19N3O/c1-16(2)8-7-12(15)13(17)11-5-3-10(9-14)4-6-11/h3-6,12-13,17H,7-8,15H2,1-2H3. The monoisotopic (exact) mass is 233 g/mol. The van der Waals surface area contributed by atoms with Gasteiger partial charge in [-0.05, 0) is 44.8 Å². The van der Waals surface area contributed by atoms with E-state index in [1.165, 1.54) is 0 Å². The van der Waals surface area contributed by atoms with E-state index in [2.05, 4.69) is 0 Å². The van der Waals surface area contributed by atoms with Crippen molar-refractivity contribution in [3.8, 4) is 6.07 Å². The third kappa shape index (κ3) is 4.16. The van der Waals surface area contributed by atoms with Gasteiger partial charge in [-0.3, -0.25) is 0 Å². The highest BCUT2D eigenvalue weighted by Crippen LogP contribution is 2.18. The number of nitriles is 1. The zero-order valence-electron chi connectivity index (χ0n) is 10.3. The fourth-order valence-electron chi connectivity index (χ4n) is 1.57. The lowest BCUT2D eigenvalue weighted by molar-refractivity contribution is 0.137. The molecule has 0 saturated carbocycles. The SMILES string of the molecule is CN(C)CCC(N)C(O)c1ccc(C#N)cc1. The predicted molar refractivity (Wildman–Crippen MR) is 67.3 cm³/mol. The highest BCUT2D eigenvalue weighted by atomic mass is 16.3. The van der Waals surface area contributed by atoms with Crippen LogP contribution in [-0.4, -0.2) is 36.7 Å². The van der Waals surface area contributed by atoms with Crippen LogP contribution in [-0.2, 0) is 0 Å². The number of hydrogen-bond acceptors (Lipinski definition) is 4. The molecule has 92 valence electrons. The minimum Gasteiger partial charge on any atom is -0.387 e. The van der Waals surface area contributed by atoms with E-state index in [1.54, 1.807) is 24.3 Å². The van der Waals surface area contributed by atoms with Crippen LogP contribution in [0.1, 0.15) is 23.7 Å². The van der Waals surface area contributed by atoms with Crippen LogP contribution in [0.5, 0.6) is 0 Å². The molecule has 0 bridgehead atoms. The van der Waals surface area contributed by atoms with Gasteiger partial charge in [-0.1, -0.05) is 12.1 Å². The molecule has 4 heteroatoms. The summed E-state index contributed by atoms with van der Waals surface area (Å²) in [6.07, 6.45) is 0.0523. The van der Waals surface area contributed by atoms with E-state index in [0.29, 0.717) is 5.56 Å². The normalized spacial score (nSPS) is 14.4. The molecule has 0 heterocycles. The summed E-state index contributed by atoms with van der Waals surface area (Å²) >= 11 is 0. The van der Waals surface area contributed by atoms with Gasteiger partial charge in [0.25, 0.3) is 0 Å². The molecule has 1 rings (SSSR count). The second-order valence-corrected chi connectivity index (χ2v) is 4.43. The molecule has 0 aliphatic carbocycles. The van der Waals surface area contributed by atoms with Crippen molar-refractivity contribution in [2.45, 2.75) is 18.6 Å². The van der Waals surface area contributed by atoms with E-state index in [-0.39, 0.29) is 6.04 Å². The minimum atomic E-state index is -0.678. The number of rotatable bonds is 5. The summed E-state index contributed by atoms with van der Waals surface area (Å²) in [5.41, 5.74) is 7.27. The maximum absolute atomic E-state index is 10.0. The average molecular weight is 233 g/mol. The number of aliphatic hydroxyl groups is 1. The van der Waals surface area contributed by atoms with Gasteiger partial charge in [-0.2, -0.15) is 5.26 Å². The van der Waals surface area contributed by atoms with Crippen LogP contribution < -0.4 is 5.73 Å². The van der Waals surface area contributed by atoms with Gasteiger partial charge in [0.15, 0.2) is 0 Å². The predicted octanol–water partition coefficient (Wildman–Crippen LogP) is 0.871. The molecule has 1 aromatic rings. The maximum atomic E-state index is 10.0. The number of benzene rings is 1. The lowest BCUT2D eigenvalue weighted by atomic mass is 9.99. The molecule has 0 aromatic heterocycles. The third-order valence-electron chi connectivity index (χ3n) is 2.70. The molecular weight excluding hydrogens is 214 g/mol. The maximum Gasteiger partial charge on any atom is 0.0991 e. The molecule has 0 aliphatic heterocycles. The second-order valence-electron chi connectivity index (χ2n) is 4.43. The quantitative estimate of drug-likeness (QED) is 0.791. The van der Waals surface area contributed by atoms with Gasteiger partial charge in [0.2, 0.25) is 0 Å². The molecule has 0 aliphatic rings. The van der Waals surface area contributed by atoms with Crippen molar-refractivity contribution in [1.82, 2.24) is 4.90 Å². The molecule has 2 unspecified atom stereocenters. The van der Waals surface area contributed by atoms with Crippen molar-refractivity contribution in [2.75, 3.05) is 20.6 Å². The molecular formula is C13H19N3O. The van der Waals surface area contributed by atoms with Crippen LogP contribution in [0.15, 0.2) is 24.3 Å². The highest BCUT2D eigenvalue weighted by molar-refractivity contribution is 5.32. The Morgan fingerprint density at radius 3 is 2.41 bits per heavy atom. The fourth-order valence-corrected chi connectivity index (χ4v) is 1.57. The summed E-state index contributed by atoms with van der Waals surface area (Å²) in [4.78, 5) is 2.03. The van der Waals surface area contributed by atoms with Crippen molar-refractivity contribution < 1.29 is 5.11 Å². The molecule has 0 fully saturated rings. The third-order valence-corrected chi connectivity index (χ3v) is 2.70. The highest BCUT2D eigenvalue weighted by Gasteiger charge is 2.16. The lowest BCUT2D eigenvalue weighted by Gasteiger charge is -2.21. The largest absolute Gasteiger partial charge is 0.387 e. The van der Waals surface area contributed by atoms with Gasteiger partial charge in [0.05, 0.1) is 17.7 Å². The summed E-state index contributed by atoms with van der Waals surface area (Å²) in [5.74, 6) is 0. The van der Waals surface area contributed by atoms with Crippen molar-refractivity contribution in [3.63, 3.8) is 0 Å². The van der Waals surface area contributed by atoms with Crippen LogP contribution >= 0.6 is 0 Å². The molecule has 4 nitrogen and oxygen atoms in total. The van der Waals surface area contributed by atoms with E-state index in [0.717, 1.165) is 18.5 Å². The van der Waals surface area contributed by atoms with Gasteiger partial charge in [0.1, 0.15) is 0 Å². The van der Waals surface area contributed by atoms with E-state index >= 15 is 0 Å². The Bertz CT molecular complexity index is 381. The minimum absolute atomic E-state index is 0.287. The lowest BCUT2D eigenvalue weighted by Crippen LogP contribution is -2.32. The summed E-state index contributed by atoms with van der Waals surface area (Å²) in [5, 5.41) is 18.7. The number of nitrogens with zero attached hydrogens (tertiary/aromatic N) is 2. The molecule has 3 N–H and O–H groups in total. The average Bonchev–Trinajstić information content (AvgIpc) is 2.35. The first-order valence-corrected chi connectivity index (χ1v) is 5.63. The molecule has 2 atom stereocenters. The van der Waals surface area contributed by atoms with Crippen molar-refractivity contribution >= 4 is 0 Å². The number of hydrogen-bond donors (Lipinski definition) is 2. The first kappa shape index (κ1) is 13.7. The van der Waals surface area contributed by atoms with E-state index in [9.17, 15) is 5.11 Å². The van der Waals surface area contributed by atoms with Crippen LogP contribution in [0.2, 0.25) is 0 Å². The molecule has 17 heavy (non-hydrogen) atoms. The van der Waals surface area contributed by atoms with Gasteiger partial charge >= 0.3 is 0 Å². The summed E-state index contributed by atoms with van der Waals surface area (Å²) in [6, 6.07) is 8.64. The van der Waals surface area contributed by atoms with Crippen molar-refractivity contribution in [3.05, 3.63) is 35.4 Å². The van der Waals surface area contributed by atoms with Gasteiger partial charge < -0.3 is 15.7 Å². The van der Waals surface area contributed by atoms with Crippen LogP contribution in [0.3, 0.4) is 0 Å². The smallest absolute Gasteiger partial charge is 0.0991 e. The van der Waals surface area contributed by atoms with Crippen LogP contribution in [0.25, 0.3) is 0 Å². The second kappa shape index (κ2) is 6.36. The Balaban J connectivity index is 2.61. The number of aliphatic hydroxyl groups excluding tert-OH is 1. The molecule has 0 radical (unpaired) electrons. The number of nitrogens with two attached hydrogens (primary N) is 1. The molecule has 0 amide bonds. The van der Waals surface area contributed by atoms with Crippen LogP contribution in [0, 0.1) is 11.3 Å². The Hall–Kier alpha value is -1.41. The van der Waals surface area contributed by atoms with E-state index in [1.807, 2.05) is 25.1 Å². The Morgan fingerprint density at radius 1 is 1.35 bits per heavy atom. The first-order valence-electron chi connectivity index (χ1n) is 5.63. The molecule has 0 spiro atoms. The zero-order valence-corrected chi connectivity index (χ0v) is 10.3.